The quantitative estimate of drug-likeness (QED) is 0.583. The lowest BCUT2D eigenvalue weighted by molar-refractivity contribution is 0.0529. The molecule has 1 saturated carbocycles. The van der Waals surface area contributed by atoms with Gasteiger partial charge in [0.2, 0.25) is 10.0 Å². The highest BCUT2D eigenvalue weighted by Crippen LogP contribution is 2.54. The number of ether oxygens (including phenoxy) is 1. The van der Waals surface area contributed by atoms with E-state index in [1.807, 2.05) is 19.1 Å². The lowest BCUT2D eigenvalue weighted by atomic mass is 9.93. The Morgan fingerprint density at radius 2 is 1.85 bits per heavy atom. The Labute approximate surface area is 229 Å². The van der Waals surface area contributed by atoms with Crippen LogP contribution in [0, 0.1) is 22.7 Å². The molecule has 1 spiro atoms. The lowest BCUT2D eigenvalue weighted by Gasteiger charge is -2.36. The van der Waals surface area contributed by atoms with Crippen LogP contribution in [0.1, 0.15) is 43.0 Å². The number of nitriles is 1. The van der Waals surface area contributed by atoms with E-state index >= 15 is 0 Å². The van der Waals surface area contributed by atoms with Gasteiger partial charge >= 0.3 is 0 Å². The Morgan fingerprint density at radius 3 is 2.54 bits per heavy atom. The second kappa shape index (κ2) is 10.1. The third kappa shape index (κ3) is 5.21. The smallest absolute Gasteiger partial charge is 0.258 e. The molecule has 3 saturated heterocycles. The molecule has 1 N–H and O–H groups in total. The molecule has 2 aromatic rings. The summed E-state index contributed by atoms with van der Waals surface area (Å²) in [5.41, 5.74) is 1.49. The number of piperidine rings is 1. The minimum Gasteiger partial charge on any atom is -0.375 e. The Kier molecular flexibility index (Phi) is 6.73. The number of benzene rings is 1. The van der Waals surface area contributed by atoms with Crippen molar-refractivity contribution in [3.05, 3.63) is 42.0 Å². The molecule has 1 amide bonds. The van der Waals surface area contributed by atoms with Gasteiger partial charge in [-0.1, -0.05) is 6.07 Å². The fourth-order valence-corrected chi connectivity index (χ4v) is 7.32. The molecule has 1 aromatic carbocycles. The first-order chi connectivity index (χ1) is 18.8. The number of sulfonamides is 1. The predicted octanol–water partition coefficient (Wildman–Crippen LogP) is 3.08. The summed E-state index contributed by atoms with van der Waals surface area (Å²) >= 11 is 0. The molecule has 0 unspecified atom stereocenters. The van der Waals surface area contributed by atoms with Crippen LogP contribution in [-0.2, 0) is 14.8 Å². The number of aromatic nitrogens is 1. The fraction of sp³-hybridized carbons (Fsp3) is 0.536. The summed E-state index contributed by atoms with van der Waals surface area (Å²) in [6.07, 6.45) is 4.70. The van der Waals surface area contributed by atoms with Crippen molar-refractivity contribution in [1.29, 1.82) is 5.26 Å². The van der Waals surface area contributed by atoms with Crippen molar-refractivity contribution >= 4 is 33.3 Å². The van der Waals surface area contributed by atoms with Gasteiger partial charge in [0.05, 0.1) is 40.8 Å². The number of hydrogen-bond donors (Lipinski definition) is 1. The maximum Gasteiger partial charge on any atom is 0.258 e. The van der Waals surface area contributed by atoms with Gasteiger partial charge in [-0.3, -0.25) is 4.79 Å². The van der Waals surface area contributed by atoms with Crippen LogP contribution >= 0.6 is 0 Å². The standard InChI is InChI=1S/C28H34N6O4S/c1-20-17-33(13-14-38-20)26-4-2-3-25(30-26)31-27(35)23-6-5-22(39(36,37)34-18-21(16-29)19-34)15-24(23)32-11-9-28(7-8-28)10-12-32/h2-6,15,20-21H,7-14,17-19H2,1H3,(H,30,31,35)/t20-/m1/s1. The number of anilines is 3. The maximum atomic E-state index is 13.6. The predicted molar refractivity (Wildman–Crippen MR) is 147 cm³/mol. The maximum absolute atomic E-state index is 13.6. The summed E-state index contributed by atoms with van der Waals surface area (Å²) in [4.78, 5) is 22.7. The molecule has 10 nitrogen and oxygen atoms in total. The SMILES string of the molecule is C[C@@H]1CN(c2cccc(NC(=O)c3ccc(S(=O)(=O)N4CC(C#N)C4)cc3N3CCC4(CC3)CC4)n2)CCO1. The number of nitrogens with one attached hydrogen (secondary N) is 1. The third-order valence-corrected chi connectivity index (χ3v) is 10.4. The van der Waals surface area contributed by atoms with Crippen molar-refractivity contribution < 1.29 is 17.9 Å². The van der Waals surface area contributed by atoms with Crippen molar-refractivity contribution in [3.63, 3.8) is 0 Å². The average Bonchev–Trinajstić information content (AvgIpc) is 3.66. The van der Waals surface area contributed by atoms with Gasteiger partial charge in [-0.05, 0) is 68.4 Å². The molecule has 3 aliphatic heterocycles. The number of carbonyl (C=O) groups is 1. The third-order valence-electron chi connectivity index (χ3n) is 8.55. The molecular weight excluding hydrogens is 516 g/mol. The molecule has 39 heavy (non-hydrogen) atoms. The molecule has 1 aliphatic carbocycles. The Balaban J connectivity index is 1.26. The number of hydrogen-bond acceptors (Lipinski definition) is 8. The van der Waals surface area contributed by atoms with Gasteiger partial charge in [0.1, 0.15) is 11.6 Å². The van der Waals surface area contributed by atoms with Crippen molar-refractivity contribution in [3.8, 4) is 6.07 Å². The minimum atomic E-state index is -3.75. The number of rotatable bonds is 6. The molecule has 206 valence electrons. The van der Waals surface area contributed by atoms with Crippen LogP contribution in [0.15, 0.2) is 41.3 Å². The second-order valence-electron chi connectivity index (χ2n) is 11.3. The summed E-state index contributed by atoms with van der Waals surface area (Å²) < 4.78 is 33.5. The fourth-order valence-electron chi connectivity index (χ4n) is 5.77. The molecule has 11 heteroatoms. The van der Waals surface area contributed by atoms with Crippen LogP contribution in [0.5, 0.6) is 0 Å². The van der Waals surface area contributed by atoms with Crippen LogP contribution < -0.4 is 15.1 Å². The number of amides is 1. The highest BCUT2D eigenvalue weighted by Gasteiger charge is 2.45. The Hall–Kier alpha value is -3.20. The summed E-state index contributed by atoms with van der Waals surface area (Å²) in [5.74, 6) is 0.623. The van der Waals surface area contributed by atoms with Gasteiger partial charge in [0.25, 0.3) is 5.91 Å². The van der Waals surface area contributed by atoms with E-state index in [9.17, 15) is 13.2 Å². The van der Waals surface area contributed by atoms with Crippen LogP contribution in [0.4, 0.5) is 17.3 Å². The van der Waals surface area contributed by atoms with Gasteiger partial charge in [-0.2, -0.15) is 9.57 Å². The van der Waals surface area contributed by atoms with Gasteiger partial charge in [-0.25, -0.2) is 13.4 Å². The molecule has 4 aliphatic rings. The van der Waals surface area contributed by atoms with E-state index in [2.05, 4.69) is 26.2 Å². The van der Waals surface area contributed by atoms with Gasteiger partial charge in [-0.15, -0.1) is 0 Å². The van der Waals surface area contributed by atoms with Crippen LogP contribution in [0.2, 0.25) is 0 Å². The molecule has 1 atom stereocenters. The normalized spacial score (nSPS) is 23.2. The van der Waals surface area contributed by atoms with Gasteiger partial charge in [0, 0.05) is 39.3 Å². The van der Waals surface area contributed by atoms with Crippen molar-refractivity contribution in [1.82, 2.24) is 9.29 Å². The average molecular weight is 551 g/mol. The number of carbonyl (C=O) groups excluding carboxylic acids is 1. The largest absolute Gasteiger partial charge is 0.375 e. The van der Waals surface area contributed by atoms with Crippen molar-refractivity contribution in [2.24, 2.45) is 11.3 Å². The summed E-state index contributed by atoms with van der Waals surface area (Å²) in [5, 5.41) is 12.0. The van der Waals surface area contributed by atoms with E-state index in [1.165, 1.54) is 23.2 Å². The van der Waals surface area contributed by atoms with Crippen LogP contribution in [-0.4, -0.2) is 75.6 Å². The van der Waals surface area contributed by atoms with Gasteiger partial charge in [0.15, 0.2) is 0 Å². The second-order valence-corrected chi connectivity index (χ2v) is 13.2. The van der Waals surface area contributed by atoms with Crippen molar-refractivity contribution in [2.45, 2.75) is 43.6 Å². The van der Waals surface area contributed by atoms with E-state index in [0.717, 1.165) is 44.8 Å². The summed E-state index contributed by atoms with van der Waals surface area (Å²) in [6, 6.07) is 12.4. The number of nitrogens with zero attached hydrogens (tertiary/aromatic N) is 5. The number of morpholine rings is 1. The first kappa shape index (κ1) is 26.0. The molecule has 4 heterocycles. The van der Waals surface area contributed by atoms with E-state index < -0.39 is 10.0 Å². The molecule has 0 bridgehead atoms. The molecule has 1 aromatic heterocycles. The monoisotopic (exact) mass is 550 g/mol. The van der Waals surface area contributed by atoms with E-state index in [-0.39, 0.29) is 35.9 Å². The highest BCUT2D eigenvalue weighted by molar-refractivity contribution is 7.89. The zero-order valence-electron chi connectivity index (χ0n) is 22.2. The Bertz CT molecular complexity index is 1400. The molecule has 4 fully saturated rings. The van der Waals surface area contributed by atoms with Crippen LogP contribution in [0.25, 0.3) is 0 Å². The topological polar surface area (TPSA) is 119 Å². The van der Waals surface area contributed by atoms with Crippen molar-refractivity contribution in [2.75, 3.05) is 61.0 Å². The number of pyridine rings is 1. The highest BCUT2D eigenvalue weighted by atomic mass is 32.2. The van der Waals surface area contributed by atoms with Gasteiger partial charge < -0.3 is 19.9 Å². The van der Waals surface area contributed by atoms with E-state index in [4.69, 9.17) is 10.00 Å². The van der Waals surface area contributed by atoms with E-state index in [0.29, 0.717) is 29.1 Å². The molecule has 0 radical (unpaired) electrons. The lowest BCUT2D eigenvalue weighted by Crippen LogP contribution is -2.49. The van der Waals surface area contributed by atoms with E-state index in [1.54, 1.807) is 18.2 Å². The summed E-state index contributed by atoms with van der Waals surface area (Å²) in [6.45, 7) is 6.09. The first-order valence-electron chi connectivity index (χ1n) is 13.7. The van der Waals surface area contributed by atoms with Crippen LogP contribution in [0.3, 0.4) is 0 Å². The molecular formula is C28H34N6O4S. The summed E-state index contributed by atoms with van der Waals surface area (Å²) in [7, 11) is -3.75. The minimum absolute atomic E-state index is 0.109. The zero-order chi connectivity index (χ0) is 27.2. The molecule has 6 rings (SSSR count). The zero-order valence-corrected chi connectivity index (χ0v) is 23.0. The first-order valence-corrected chi connectivity index (χ1v) is 15.1. The Morgan fingerprint density at radius 1 is 1.08 bits per heavy atom.